The van der Waals surface area contributed by atoms with E-state index in [0.717, 1.165) is 16.9 Å². The summed E-state index contributed by atoms with van der Waals surface area (Å²) in [5, 5.41) is 19.2. The second-order valence-corrected chi connectivity index (χ2v) is 11.8. The molecule has 5 aromatic rings. The van der Waals surface area contributed by atoms with Crippen LogP contribution in [0.15, 0.2) is 115 Å². The molecule has 5 rings (SSSR count). The van der Waals surface area contributed by atoms with Gasteiger partial charge in [-0.3, -0.25) is 0 Å². The zero-order valence-electron chi connectivity index (χ0n) is 28.2. The molecule has 0 bridgehead atoms. The molecule has 264 valence electrons. The van der Waals surface area contributed by atoms with Crippen LogP contribution in [0.25, 0.3) is 0 Å². The van der Waals surface area contributed by atoms with E-state index in [1.165, 1.54) is 24.3 Å². The van der Waals surface area contributed by atoms with Crippen LogP contribution in [-0.2, 0) is 16.9 Å². The van der Waals surface area contributed by atoms with Crippen LogP contribution < -0.4 is 23.8 Å². The Morgan fingerprint density at radius 1 is 0.635 bits per heavy atom. The van der Waals surface area contributed by atoms with E-state index in [2.05, 4.69) is 0 Å². The number of carbonyl (C=O) groups is 3. The molecule has 0 spiro atoms. The minimum atomic E-state index is -1.30. The topological polar surface area (TPSA) is 147 Å². The SMILES string of the molecule is C#COc1ccc(C(=O)O)c(C(=O)Oc2ccc(C(C)(C)c3ccc(OOCc4cc(OCCOc5ccccc5)ccc4C(=O)O)cc3)cc2)c1. The fourth-order valence-electron chi connectivity index (χ4n) is 5.19. The van der Waals surface area contributed by atoms with Crippen molar-refractivity contribution in [2.24, 2.45) is 0 Å². The van der Waals surface area contributed by atoms with Crippen molar-refractivity contribution >= 4 is 17.9 Å². The maximum Gasteiger partial charge on any atom is 0.344 e. The second kappa shape index (κ2) is 16.8. The molecule has 0 atom stereocenters. The van der Waals surface area contributed by atoms with Gasteiger partial charge in [0.05, 0.1) is 16.7 Å². The lowest BCUT2D eigenvalue weighted by atomic mass is 9.78. The average Bonchev–Trinajstić information content (AvgIpc) is 3.14. The van der Waals surface area contributed by atoms with E-state index in [1.54, 1.807) is 48.5 Å². The summed E-state index contributed by atoms with van der Waals surface area (Å²) in [6.07, 6.45) is 7.13. The Morgan fingerprint density at radius 2 is 1.19 bits per heavy atom. The lowest BCUT2D eigenvalue weighted by Gasteiger charge is -2.26. The van der Waals surface area contributed by atoms with E-state index in [9.17, 15) is 24.6 Å². The van der Waals surface area contributed by atoms with Crippen molar-refractivity contribution in [2.75, 3.05) is 13.2 Å². The maximum atomic E-state index is 12.9. The monoisotopic (exact) mass is 702 g/mol. The second-order valence-electron chi connectivity index (χ2n) is 11.8. The quantitative estimate of drug-likeness (QED) is 0.0262. The number of aromatic carboxylic acids is 2. The zero-order chi connectivity index (χ0) is 37.1. The first-order valence-corrected chi connectivity index (χ1v) is 15.9. The maximum absolute atomic E-state index is 12.9. The molecule has 2 N–H and O–H groups in total. The molecule has 5 aromatic carbocycles. The van der Waals surface area contributed by atoms with E-state index < -0.39 is 23.3 Å². The highest BCUT2D eigenvalue weighted by molar-refractivity contribution is 6.03. The number of terminal acetylenes is 1. The first kappa shape index (κ1) is 36.5. The van der Waals surface area contributed by atoms with Crippen LogP contribution in [0.4, 0.5) is 0 Å². The summed E-state index contributed by atoms with van der Waals surface area (Å²) in [4.78, 5) is 47.3. The van der Waals surface area contributed by atoms with Crippen LogP contribution in [0.1, 0.15) is 61.6 Å². The number of hydrogen-bond donors (Lipinski definition) is 2. The van der Waals surface area contributed by atoms with Crippen molar-refractivity contribution in [1.29, 1.82) is 0 Å². The number of ether oxygens (including phenoxy) is 4. The van der Waals surface area contributed by atoms with Crippen LogP contribution in [0.5, 0.6) is 28.7 Å². The Morgan fingerprint density at radius 3 is 1.81 bits per heavy atom. The fourth-order valence-corrected chi connectivity index (χ4v) is 5.19. The Kier molecular flexibility index (Phi) is 11.8. The number of rotatable bonds is 16. The predicted molar refractivity (Wildman–Crippen MR) is 189 cm³/mol. The zero-order valence-corrected chi connectivity index (χ0v) is 28.2. The summed E-state index contributed by atoms with van der Waals surface area (Å²) in [6.45, 7) is 4.46. The van der Waals surface area contributed by atoms with Gasteiger partial charge in [0.15, 0.2) is 5.75 Å². The Hall–Kier alpha value is -6.77. The van der Waals surface area contributed by atoms with E-state index in [4.69, 9.17) is 35.1 Å². The van der Waals surface area contributed by atoms with Crippen LogP contribution in [-0.4, -0.2) is 41.3 Å². The molecule has 0 heterocycles. The Labute approximate surface area is 299 Å². The smallest absolute Gasteiger partial charge is 0.344 e. The highest BCUT2D eigenvalue weighted by atomic mass is 17.2. The van der Waals surface area contributed by atoms with Crippen LogP contribution >= 0.6 is 0 Å². The van der Waals surface area contributed by atoms with Gasteiger partial charge in [0.2, 0.25) is 0 Å². The fraction of sp³-hybridized carbons (Fsp3) is 0.146. The summed E-state index contributed by atoms with van der Waals surface area (Å²) in [5.41, 5.74) is 1.33. The van der Waals surface area contributed by atoms with Crippen LogP contribution in [0, 0.1) is 12.5 Å². The van der Waals surface area contributed by atoms with Crippen molar-refractivity contribution in [3.05, 3.63) is 149 Å². The largest absolute Gasteiger partial charge is 0.490 e. The molecule has 0 amide bonds. The number of hydrogen-bond acceptors (Lipinski definition) is 9. The number of carbonyl (C=O) groups excluding carboxylic acids is 1. The van der Waals surface area contributed by atoms with Gasteiger partial charge in [-0.15, -0.1) is 0 Å². The van der Waals surface area contributed by atoms with Crippen molar-refractivity contribution in [3.8, 4) is 41.3 Å². The lowest BCUT2D eigenvalue weighted by Crippen LogP contribution is -2.19. The molecule has 0 aliphatic heterocycles. The molecule has 0 fully saturated rings. The number of esters is 1. The predicted octanol–water partition coefficient (Wildman–Crippen LogP) is 7.57. The van der Waals surface area contributed by atoms with Gasteiger partial charge in [0, 0.05) is 11.0 Å². The summed E-state index contributed by atoms with van der Waals surface area (Å²) in [6, 6.07) is 31.8. The van der Waals surface area contributed by atoms with Gasteiger partial charge >= 0.3 is 17.9 Å². The minimum Gasteiger partial charge on any atom is -0.490 e. The van der Waals surface area contributed by atoms with Crippen molar-refractivity contribution in [2.45, 2.75) is 25.9 Å². The van der Waals surface area contributed by atoms with Gasteiger partial charge in [-0.2, -0.15) is 4.89 Å². The van der Waals surface area contributed by atoms with Gasteiger partial charge in [-0.1, -0.05) is 62.7 Å². The van der Waals surface area contributed by atoms with Crippen LogP contribution in [0.2, 0.25) is 0 Å². The van der Waals surface area contributed by atoms with Gasteiger partial charge in [-0.25, -0.2) is 14.4 Å². The van der Waals surface area contributed by atoms with E-state index in [0.29, 0.717) is 23.7 Å². The normalized spacial score (nSPS) is 10.8. The van der Waals surface area contributed by atoms with Gasteiger partial charge in [0.25, 0.3) is 0 Å². The van der Waals surface area contributed by atoms with E-state index >= 15 is 0 Å². The molecular formula is C41H34O11. The number of benzene rings is 5. The van der Waals surface area contributed by atoms with Crippen molar-refractivity contribution in [3.63, 3.8) is 0 Å². The summed E-state index contributed by atoms with van der Waals surface area (Å²) in [7, 11) is 0. The van der Waals surface area contributed by atoms with Crippen molar-refractivity contribution < 1.29 is 53.3 Å². The number of carboxylic acids is 2. The lowest BCUT2D eigenvalue weighted by molar-refractivity contribution is -0.217. The van der Waals surface area contributed by atoms with E-state index in [1.807, 2.05) is 62.4 Å². The first-order valence-electron chi connectivity index (χ1n) is 15.9. The van der Waals surface area contributed by atoms with Crippen LogP contribution in [0.3, 0.4) is 0 Å². The Balaban J connectivity index is 1.17. The first-order chi connectivity index (χ1) is 25.0. The average molecular weight is 703 g/mol. The molecule has 52 heavy (non-hydrogen) atoms. The Bertz CT molecular complexity index is 2060. The van der Waals surface area contributed by atoms with Gasteiger partial charge in [-0.05, 0) is 83.9 Å². The molecule has 0 aliphatic carbocycles. The third kappa shape index (κ3) is 9.26. The molecule has 0 unspecified atom stereocenters. The third-order valence-electron chi connectivity index (χ3n) is 8.02. The summed E-state index contributed by atoms with van der Waals surface area (Å²) < 4.78 is 21.8. The molecule has 0 aromatic heterocycles. The molecule has 0 saturated carbocycles. The van der Waals surface area contributed by atoms with E-state index in [-0.39, 0.29) is 41.4 Å². The highest BCUT2D eigenvalue weighted by Gasteiger charge is 2.24. The summed E-state index contributed by atoms with van der Waals surface area (Å²) in [5.74, 6) is -1.36. The molecular weight excluding hydrogens is 668 g/mol. The number of para-hydroxylation sites is 1. The molecule has 0 saturated heterocycles. The van der Waals surface area contributed by atoms with Gasteiger partial charge in [0.1, 0.15) is 48.9 Å². The van der Waals surface area contributed by atoms with Crippen molar-refractivity contribution in [1.82, 2.24) is 0 Å². The van der Waals surface area contributed by atoms with Gasteiger partial charge < -0.3 is 34.0 Å². The molecule has 11 heteroatoms. The summed E-state index contributed by atoms with van der Waals surface area (Å²) >= 11 is 0. The third-order valence-corrected chi connectivity index (χ3v) is 8.02. The molecule has 11 nitrogen and oxygen atoms in total. The number of carboxylic acid groups (broad SMARTS) is 2. The molecule has 0 aliphatic rings. The minimum absolute atomic E-state index is 0.0586. The standard InChI is InChI=1S/C41H34O11/c1-4-47-34-19-21-36(39(44)45)37(25-34)40(46)51-31-14-10-28(11-15-31)41(2,3)29-12-16-32(17-13-29)52-50-26-27-24-33(18-20-35(27)38(42)43)49-23-22-48-30-8-6-5-7-9-30/h1,5-21,24-25H,22-23,26H2,2-3H3,(H,42,43)(H,44,45). The highest BCUT2D eigenvalue weighted by Crippen LogP contribution is 2.34. The molecule has 0 radical (unpaired) electrons.